The van der Waals surface area contributed by atoms with Crippen molar-refractivity contribution < 1.29 is 26.4 Å². The summed E-state index contributed by atoms with van der Waals surface area (Å²) in [6, 6.07) is 17.2. The molecule has 5 nitrogen and oxygen atoms in total. The fraction of sp³-hybridized carbons (Fsp3) is 0.105. The molecule has 0 saturated heterocycles. The molecule has 0 fully saturated rings. The molecule has 0 unspecified atom stereocenters. The largest absolute Gasteiger partial charge is 0.471 e. The Labute approximate surface area is 159 Å². The van der Waals surface area contributed by atoms with E-state index in [1.165, 1.54) is 7.05 Å². The zero-order chi connectivity index (χ0) is 20.5. The van der Waals surface area contributed by atoms with Crippen LogP contribution in [0.15, 0.2) is 71.6 Å². The van der Waals surface area contributed by atoms with Gasteiger partial charge in [-0.15, -0.1) is 0 Å². The monoisotopic (exact) mass is 408 g/mol. The molecule has 9 heteroatoms. The number of nitrogens with one attached hydrogen (secondary N) is 1. The number of rotatable bonds is 4. The van der Waals surface area contributed by atoms with Gasteiger partial charge in [0.05, 0.1) is 10.6 Å². The number of carbonyl (C=O) groups excluding carboxylic acids is 1. The molecular weight excluding hydrogens is 393 g/mol. The predicted octanol–water partition coefficient (Wildman–Crippen LogP) is 4.17. The van der Waals surface area contributed by atoms with Gasteiger partial charge in [-0.05, 0) is 47.2 Å². The van der Waals surface area contributed by atoms with Crippen molar-refractivity contribution in [3.05, 3.63) is 66.7 Å². The van der Waals surface area contributed by atoms with E-state index in [1.807, 2.05) is 24.3 Å². The highest BCUT2D eigenvalue weighted by atomic mass is 32.2. The standard InChI is InChI=1S/C19H15F3N2O3S/c1-24(16-9-6-13-4-2-3-5-14(13)12-16)28(26,27)17-10-7-15(8-11-17)23-18(25)19(20,21)22/h2-12H,1H3,(H,23,25). The van der Waals surface area contributed by atoms with Crippen molar-refractivity contribution in [3.8, 4) is 0 Å². The molecule has 0 aliphatic rings. The number of amides is 1. The summed E-state index contributed by atoms with van der Waals surface area (Å²) in [6.45, 7) is 0. The molecule has 3 rings (SSSR count). The summed E-state index contributed by atoms with van der Waals surface area (Å²) in [5.41, 5.74) is 0.280. The number of fused-ring (bicyclic) bond motifs is 1. The maximum absolute atomic E-state index is 12.8. The van der Waals surface area contributed by atoms with E-state index in [9.17, 15) is 26.4 Å². The highest BCUT2D eigenvalue weighted by Gasteiger charge is 2.38. The van der Waals surface area contributed by atoms with E-state index >= 15 is 0 Å². The van der Waals surface area contributed by atoms with E-state index in [1.54, 1.807) is 23.5 Å². The summed E-state index contributed by atoms with van der Waals surface area (Å²) < 4.78 is 63.6. The maximum Gasteiger partial charge on any atom is 0.471 e. The van der Waals surface area contributed by atoms with Crippen LogP contribution in [-0.2, 0) is 14.8 Å². The zero-order valence-corrected chi connectivity index (χ0v) is 15.4. The van der Waals surface area contributed by atoms with E-state index in [-0.39, 0.29) is 10.6 Å². The van der Waals surface area contributed by atoms with Crippen molar-refractivity contribution in [2.24, 2.45) is 0 Å². The Morgan fingerprint density at radius 1 is 0.929 bits per heavy atom. The minimum atomic E-state index is -5.03. The number of carbonyl (C=O) groups is 1. The first kappa shape index (κ1) is 19.7. The molecule has 0 aromatic heterocycles. The van der Waals surface area contributed by atoms with Crippen molar-refractivity contribution in [2.75, 3.05) is 16.7 Å². The van der Waals surface area contributed by atoms with Crippen LogP contribution in [0, 0.1) is 0 Å². The fourth-order valence-corrected chi connectivity index (χ4v) is 3.77. The molecule has 0 spiro atoms. The topological polar surface area (TPSA) is 66.5 Å². The molecule has 0 aliphatic heterocycles. The third-order valence-corrected chi connectivity index (χ3v) is 5.92. The molecule has 1 amide bonds. The Morgan fingerprint density at radius 2 is 1.54 bits per heavy atom. The van der Waals surface area contributed by atoms with Gasteiger partial charge in [0.1, 0.15) is 0 Å². The van der Waals surface area contributed by atoms with Gasteiger partial charge in [0, 0.05) is 12.7 Å². The molecule has 0 radical (unpaired) electrons. The van der Waals surface area contributed by atoms with Gasteiger partial charge in [-0.3, -0.25) is 9.10 Å². The summed E-state index contributed by atoms with van der Waals surface area (Å²) in [7, 11) is -2.55. The summed E-state index contributed by atoms with van der Waals surface area (Å²) in [5, 5.41) is 3.50. The fourth-order valence-electron chi connectivity index (χ4n) is 2.58. The number of alkyl halides is 3. The Hall–Kier alpha value is -3.07. The Bertz CT molecular complexity index is 1130. The third-order valence-electron chi connectivity index (χ3n) is 4.12. The number of halogens is 3. The second-order valence-corrected chi connectivity index (χ2v) is 7.95. The molecule has 146 valence electrons. The van der Waals surface area contributed by atoms with Gasteiger partial charge in [-0.1, -0.05) is 30.3 Å². The van der Waals surface area contributed by atoms with Crippen LogP contribution in [0.25, 0.3) is 10.8 Å². The Morgan fingerprint density at radius 3 is 2.14 bits per heavy atom. The zero-order valence-electron chi connectivity index (χ0n) is 14.6. The molecule has 0 atom stereocenters. The molecular formula is C19H15F3N2O3S. The van der Waals surface area contributed by atoms with Gasteiger partial charge >= 0.3 is 12.1 Å². The first-order chi connectivity index (χ1) is 13.1. The SMILES string of the molecule is CN(c1ccc2ccccc2c1)S(=O)(=O)c1ccc(NC(=O)C(F)(F)F)cc1. The van der Waals surface area contributed by atoms with E-state index in [4.69, 9.17) is 0 Å². The summed E-state index contributed by atoms with van der Waals surface area (Å²) in [4.78, 5) is 10.8. The summed E-state index contributed by atoms with van der Waals surface area (Å²) in [5.74, 6) is -2.13. The van der Waals surface area contributed by atoms with Crippen LogP contribution >= 0.6 is 0 Å². The van der Waals surface area contributed by atoms with Crippen molar-refractivity contribution in [1.29, 1.82) is 0 Å². The highest BCUT2D eigenvalue weighted by molar-refractivity contribution is 7.92. The van der Waals surface area contributed by atoms with Crippen LogP contribution in [0.1, 0.15) is 0 Å². The lowest BCUT2D eigenvalue weighted by molar-refractivity contribution is -0.167. The van der Waals surface area contributed by atoms with Crippen molar-refractivity contribution >= 4 is 38.1 Å². The van der Waals surface area contributed by atoms with Crippen LogP contribution in [0.4, 0.5) is 24.5 Å². The Kier molecular flexibility index (Phi) is 5.03. The molecule has 0 heterocycles. The lowest BCUT2D eigenvalue weighted by Crippen LogP contribution is -2.30. The number of sulfonamides is 1. The average Bonchev–Trinajstić information content (AvgIpc) is 2.66. The molecule has 3 aromatic rings. The average molecular weight is 408 g/mol. The van der Waals surface area contributed by atoms with Gasteiger partial charge < -0.3 is 5.32 Å². The minimum Gasteiger partial charge on any atom is -0.318 e. The van der Waals surface area contributed by atoms with E-state index in [2.05, 4.69) is 0 Å². The number of benzene rings is 3. The summed E-state index contributed by atoms with van der Waals surface area (Å²) in [6.07, 6.45) is -5.03. The number of anilines is 2. The van der Waals surface area contributed by atoms with Crippen molar-refractivity contribution in [2.45, 2.75) is 11.1 Å². The Balaban J connectivity index is 1.85. The minimum absolute atomic E-state index is 0.117. The first-order valence-electron chi connectivity index (χ1n) is 8.05. The van der Waals surface area contributed by atoms with Crippen LogP contribution in [0.5, 0.6) is 0 Å². The summed E-state index contributed by atoms with van der Waals surface area (Å²) >= 11 is 0. The van der Waals surface area contributed by atoms with Gasteiger partial charge in [0.25, 0.3) is 10.0 Å². The lowest BCUT2D eigenvalue weighted by atomic mass is 10.1. The second-order valence-electron chi connectivity index (χ2n) is 5.98. The number of nitrogens with zero attached hydrogens (tertiary/aromatic N) is 1. The normalized spacial score (nSPS) is 12.0. The molecule has 28 heavy (non-hydrogen) atoms. The molecule has 0 saturated carbocycles. The van der Waals surface area contributed by atoms with Gasteiger partial charge in [-0.2, -0.15) is 13.2 Å². The lowest BCUT2D eigenvalue weighted by Gasteiger charge is -2.20. The quantitative estimate of drug-likeness (QED) is 0.705. The number of hydrogen-bond donors (Lipinski definition) is 1. The van der Waals surface area contributed by atoms with Gasteiger partial charge in [0.15, 0.2) is 0 Å². The van der Waals surface area contributed by atoms with Gasteiger partial charge in [0.2, 0.25) is 0 Å². The van der Waals surface area contributed by atoms with Crippen LogP contribution in [-0.4, -0.2) is 27.5 Å². The van der Waals surface area contributed by atoms with Crippen LogP contribution < -0.4 is 9.62 Å². The molecule has 3 aromatic carbocycles. The number of hydrogen-bond acceptors (Lipinski definition) is 3. The molecule has 0 bridgehead atoms. The second kappa shape index (κ2) is 7.16. The van der Waals surface area contributed by atoms with E-state index in [0.717, 1.165) is 39.3 Å². The van der Waals surface area contributed by atoms with Crippen molar-refractivity contribution in [1.82, 2.24) is 0 Å². The first-order valence-corrected chi connectivity index (χ1v) is 9.49. The smallest absolute Gasteiger partial charge is 0.318 e. The molecule has 0 aliphatic carbocycles. The van der Waals surface area contributed by atoms with Crippen LogP contribution in [0.3, 0.4) is 0 Å². The van der Waals surface area contributed by atoms with Crippen LogP contribution in [0.2, 0.25) is 0 Å². The third kappa shape index (κ3) is 3.94. The maximum atomic E-state index is 12.8. The van der Waals surface area contributed by atoms with E-state index < -0.39 is 22.1 Å². The molecule has 1 N–H and O–H groups in total. The van der Waals surface area contributed by atoms with Gasteiger partial charge in [-0.25, -0.2) is 8.42 Å². The predicted molar refractivity (Wildman–Crippen MR) is 101 cm³/mol. The van der Waals surface area contributed by atoms with Crippen molar-refractivity contribution in [3.63, 3.8) is 0 Å². The van der Waals surface area contributed by atoms with E-state index in [0.29, 0.717) is 5.69 Å². The highest BCUT2D eigenvalue weighted by Crippen LogP contribution is 2.27.